The molecule has 1 atom stereocenters. The van der Waals surface area contributed by atoms with Crippen LogP contribution in [0.5, 0.6) is 0 Å². The minimum absolute atomic E-state index is 0.144. The van der Waals surface area contributed by atoms with E-state index in [0.717, 1.165) is 4.78 Å². The third-order valence-corrected chi connectivity index (χ3v) is 5.89. The van der Waals surface area contributed by atoms with Gasteiger partial charge < -0.3 is 0 Å². The summed E-state index contributed by atoms with van der Waals surface area (Å²) in [6, 6.07) is 0. The van der Waals surface area contributed by atoms with Crippen LogP contribution in [0.15, 0.2) is 0 Å². The molecule has 1 heterocycles. The lowest BCUT2D eigenvalue weighted by atomic mass is 10.3. The van der Waals surface area contributed by atoms with Crippen LogP contribution in [0.2, 0.25) is 15.8 Å². The van der Waals surface area contributed by atoms with E-state index in [4.69, 9.17) is 0 Å². The minimum atomic E-state index is -0.144. The van der Waals surface area contributed by atoms with Crippen molar-refractivity contribution in [2.45, 2.75) is 35.6 Å². The van der Waals surface area contributed by atoms with Gasteiger partial charge >= 0.3 is 0 Å². The first kappa shape index (κ1) is 5.67. The van der Waals surface area contributed by atoms with Crippen molar-refractivity contribution in [2.75, 3.05) is 0 Å². The van der Waals surface area contributed by atoms with E-state index in [1.54, 1.807) is 5.28 Å². The Morgan fingerprint density at radius 3 is 2.43 bits per heavy atom. The zero-order chi connectivity index (χ0) is 5.28. The normalized spacial score (nSPS) is 31.7. The van der Waals surface area contributed by atoms with Gasteiger partial charge in [0.2, 0.25) is 0 Å². The van der Waals surface area contributed by atoms with Gasteiger partial charge in [-0.2, -0.15) is 0 Å². The third kappa shape index (κ3) is 1.21. The zero-order valence-corrected chi connectivity index (χ0v) is 6.43. The van der Waals surface area contributed by atoms with Crippen molar-refractivity contribution in [1.82, 2.24) is 0 Å². The van der Waals surface area contributed by atoms with Crippen LogP contribution < -0.4 is 0 Å². The highest BCUT2D eigenvalue weighted by Gasteiger charge is 2.23. The molecule has 1 aliphatic rings. The largest absolute Gasteiger partial charge is 0.261 e. The lowest BCUT2D eigenvalue weighted by Gasteiger charge is -1.98. The predicted molar refractivity (Wildman–Crippen MR) is 35.1 cm³/mol. The molecule has 40 valence electrons. The molecule has 0 spiro atoms. The average Bonchev–Trinajstić information content (AvgIpc) is 1.91. The molecule has 7 heavy (non-hydrogen) atoms. The second-order valence-electron chi connectivity index (χ2n) is 2.89. The lowest BCUT2D eigenvalue weighted by Crippen LogP contribution is -2.03. The Morgan fingerprint density at radius 2 is 2.29 bits per heavy atom. The summed E-state index contributed by atoms with van der Waals surface area (Å²) in [4.78, 5) is 0. The molecule has 0 aromatic rings. The molecule has 0 amide bonds. The van der Waals surface area contributed by atoms with Crippen molar-refractivity contribution in [2.24, 2.45) is 0 Å². The van der Waals surface area contributed by atoms with Crippen LogP contribution in [0.1, 0.15) is 19.8 Å². The molecule has 0 nitrogen and oxygen atoms in total. The standard InChI is InChI=1S/C5H10.CH3.Al/c1-3-5-4-2;;/h4H,1,3,5H2,2H3;1H3;. The maximum absolute atomic E-state index is 2.50. The first-order valence-electron chi connectivity index (χ1n) is 3.30. The molecule has 1 unspecified atom stereocenters. The highest BCUT2D eigenvalue weighted by molar-refractivity contribution is 6.59. The summed E-state index contributed by atoms with van der Waals surface area (Å²) in [5, 5.41) is 1.61. The first-order valence-corrected chi connectivity index (χ1v) is 5.94. The fourth-order valence-electron chi connectivity index (χ4n) is 1.33. The second-order valence-corrected chi connectivity index (χ2v) is 6.56. The van der Waals surface area contributed by atoms with Crippen molar-refractivity contribution >= 4 is 14.1 Å². The number of rotatable bonds is 0. The molecule has 1 rings (SSSR count). The summed E-state index contributed by atoms with van der Waals surface area (Å²) >= 11 is -0.144. The number of hydrogen-bond donors (Lipinski definition) is 0. The van der Waals surface area contributed by atoms with E-state index in [1.165, 1.54) is 12.8 Å². The van der Waals surface area contributed by atoms with Gasteiger partial charge in [0.15, 0.2) is 0 Å². The van der Waals surface area contributed by atoms with E-state index in [2.05, 4.69) is 12.7 Å². The lowest BCUT2D eigenvalue weighted by molar-refractivity contribution is 0.819. The van der Waals surface area contributed by atoms with E-state index < -0.39 is 0 Å². The average molecular weight is 112 g/mol. The Labute approximate surface area is 50.3 Å². The highest BCUT2D eigenvalue weighted by Crippen LogP contribution is 2.29. The first-order chi connectivity index (χ1) is 3.30. The predicted octanol–water partition coefficient (Wildman–Crippen LogP) is 2.29. The van der Waals surface area contributed by atoms with E-state index in [1.807, 2.05) is 0 Å². The van der Waals surface area contributed by atoms with Crippen LogP contribution in [0.25, 0.3) is 0 Å². The van der Waals surface area contributed by atoms with Crippen molar-refractivity contribution in [3.05, 3.63) is 0 Å². The van der Waals surface area contributed by atoms with Crippen molar-refractivity contribution in [1.29, 1.82) is 0 Å². The van der Waals surface area contributed by atoms with Gasteiger partial charge in [-0.15, -0.1) is 5.79 Å². The molecule has 0 N–H and O–H groups in total. The maximum atomic E-state index is 2.50. The molecule has 0 aromatic carbocycles. The van der Waals surface area contributed by atoms with Gasteiger partial charge in [0.05, 0.1) is 0 Å². The van der Waals surface area contributed by atoms with Gasteiger partial charge in [-0.1, -0.05) is 29.8 Å². The molecule has 0 radical (unpaired) electrons. The second kappa shape index (κ2) is 2.20. The van der Waals surface area contributed by atoms with Gasteiger partial charge in [-0.25, -0.2) is 0 Å². The monoisotopic (exact) mass is 112 g/mol. The molecular weight excluding hydrogens is 99.0 g/mol. The van der Waals surface area contributed by atoms with E-state index in [0.29, 0.717) is 0 Å². The Hall–Kier alpha value is 0.532. The van der Waals surface area contributed by atoms with Crippen LogP contribution >= 0.6 is 0 Å². The van der Waals surface area contributed by atoms with Gasteiger partial charge in [0, 0.05) is 0 Å². The molecular formula is C6H13Al. The van der Waals surface area contributed by atoms with Crippen molar-refractivity contribution in [3.63, 3.8) is 0 Å². The van der Waals surface area contributed by atoms with Gasteiger partial charge in [0.25, 0.3) is 14.1 Å². The van der Waals surface area contributed by atoms with E-state index >= 15 is 0 Å². The Bertz CT molecular complexity index is 53.2. The zero-order valence-electron chi connectivity index (χ0n) is 5.28. The summed E-state index contributed by atoms with van der Waals surface area (Å²) < 4.78 is 1.15. The smallest absolute Gasteiger partial charge is 0.106 e. The molecule has 1 heteroatoms. The molecule has 1 aliphatic heterocycles. The fraction of sp³-hybridized carbons (Fsp3) is 1.00. The molecule has 1 saturated heterocycles. The van der Waals surface area contributed by atoms with Crippen LogP contribution in [0, 0.1) is 0 Å². The van der Waals surface area contributed by atoms with Crippen LogP contribution in [-0.2, 0) is 0 Å². The Morgan fingerprint density at radius 1 is 1.57 bits per heavy atom. The Kier molecular flexibility index (Phi) is 1.78. The van der Waals surface area contributed by atoms with Crippen molar-refractivity contribution in [3.8, 4) is 0 Å². The third-order valence-electron chi connectivity index (χ3n) is 2.29. The van der Waals surface area contributed by atoms with Crippen LogP contribution in [0.3, 0.4) is 0 Å². The SMILES string of the molecule is C[CH]1CC[CH2][Al]1[CH3]. The minimum Gasteiger partial charge on any atom is -0.106 e. The van der Waals surface area contributed by atoms with E-state index in [9.17, 15) is 0 Å². The molecule has 0 saturated carbocycles. The molecule has 0 aromatic heterocycles. The highest BCUT2D eigenvalue weighted by atomic mass is 27.2. The van der Waals surface area contributed by atoms with Gasteiger partial charge in [0.1, 0.15) is 0 Å². The quantitative estimate of drug-likeness (QED) is 0.422. The van der Waals surface area contributed by atoms with Crippen molar-refractivity contribution < 1.29 is 0 Å². The summed E-state index contributed by atoms with van der Waals surface area (Å²) in [5.41, 5.74) is 0. The molecule has 1 fully saturated rings. The molecule has 0 aliphatic carbocycles. The van der Waals surface area contributed by atoms with Crippen LogP contribution in [0.4, 0.5) is 0 Å². The summed E-state index contributed by atoms with van der Waals surface area (Å²) in [6.45, 7) is 2.42. The molecule has 0 bridgehead atoms. The number of hydrogen-bond acceptors (Lipinski definition) is 0. The van der Waals surface area contributed by atoms with Gasteiger partial charge in [-0.05, 0) is 0 Å². The summed E-state index contributed by atoms with van der Waals surface area (Å²) in [5.74, 6) is 2.50. The van der Waals surface area contributed by atoms with Gasteiger partial charge in [-0.3, -0.25) is 0 Å². The van der Waals surface area contributed by atoms with E-state index in [-0.39, 0.29) is 14.1 Å². The maximum Gasteiger partial charge on any atom is 0.261 e. The van der Waals surface area contributed by atoms with Crippen LogP contribution in [-0.4, -0.2) is 14.1 Å². The summed E-state index contributed by atoms with van der Waals surface area (Å²) in [6.07, 6.45) is 3.07. The Balaban J connectivity index is 2.33. The topological polar surface area (TPSA) is 0 Å². The fourth-order valence-corrected chi connectivity index (χ4v) is 3.58. The summed E-state index contributed by atoms with van der Waals surface area (Å²) in [7, 11) is 0.